The Bertz CT molecular complexity index is 368. The van der Waals surface area contributed by atoms with Crippen LogP contribution in [0.4, 0.5) is 0 Å². The first kappa shape index (κ1) is 19.7. The molecule has 0 N–H and O–H groups in total. The van der Waals surface area contributed by atoms with Crippen LogP contribution in [0.5, 0.6) is 0 Å². The van der Waals surface area contributed by atoms with E-state index in [0.717, 1.165) is 19.3 Å². The molecule has 1 aromatic carbocycles. The SMILES string of the molecule is C/C=C/CCc1ccc(CC/C=C/CCCC)cc1.CC. The monoisotopic (exact) mass is 286 g/mol. The molecule has 118 valence electrons. The van der Waals surface area contributed by atoms with Crippen molar-refractivity contribution in [2.24, 2.45) is 0 Å². The molecule has 1 rings (SSSR count). The van der Waals surface area contributed by atoms with Crippen LogP contribution in [0.3, 0.4) is 0 Å². The smallest absolute Gasteiger partial charge is 0.0244 e. The molecule has 0 amide bonds. The molecule has 0 unspecified atom stereocenters. The van der Waals surface area contributed by atoms with Crippen LogP contribution in [0.1, 0.15) is 70.9 Å². The van der Waals surface area contributed by atoms with Crippen LogP contribution in [0.25, 0.3) is 0 Å². The minimum Gasteiger partial charge on any atom is -0.0917 e. The fourth-order valence-electron chi connectivity index (χ4n) is 2.10. The van der Waals surface area contributed by atoms with E-state index in [4.69, 9.17) is 0 Å². The zero-order chi connectivity index (χ0) is 15.8. The van der Waals surface area contributed by atoms with Crippen molar-refractivity contribution in [1.82, 2.24) is 0 Å². The molecule has 0 aliphatic rings. The second-order valence-corrected chi connectivity index (χ2v) is 5.08. The summed E-state index contributed by atoms with van der Waals surface area (Å²) in [6, 6.07) is 9.12. The van der Waals surface area contributed by atoms with Crippen molar-refractivity contribution in [2.75, 3.05) is 0 Å². The van der Waals surface area contributed by atoms with E-state index in [9.17, 15) is 0 Å². The zero-order valence-corrected chi connectivity index (χ0v) is 14.6. The van der Waals surface area contributed by atoms with Crippen molar-refractivity contribution >= 4 is 0 Å². The van der Waals surface area contributed by atoms with Gasteiger partial charge in [-0.15, -0.1) is 0 Å². The third kappa shape index (κ3) is 11.1. The average molecular weight is 287 g/mol. The van der Waals surface area contributed by atoms with Crippen molar-refractivity contribution < 1.29 is 0 Å². The van der Waals surface area contributed by atoms with Crippen LogP contribution in [0, 0.1) is 0 Å². The van der Waals surface area contributed by atoms with Gasteiger partial charge in [-0.1, -0.05) is 82.2 Å². The van der Waals surface area contributed by atoms with Gasteiger partial charge in [-0.2, -0.15) is 0 Å². The topological polar surface area (TPSA) is 0 Å². The Balaban J connectivity index is 0.00000191. The van der Waals surface area contributed by atoms with Crippen molar-refractivity contribution in [3.05, 3.63) is 59.7 Å². The van der Waals surface area contributed by atoms with Gasteiger partial charge in [0.2, 0.25) is 0 Å². The highest BCUT2D eigenvalue weighted by Gasteiger charge is 1.94. The first-order valence-electron chi connectivity index (χ1n) is 8.70. The van der Waals surface area contributed by atoms with Gasteiger partial charge in [-0.05, 0) is 50.2 Å². The molecule has 1 aromatic rings. The summed E-state index contributed by atoms with van der Waals surface area (Å²) in [6.45, 7) is 8.32. The average Bonchev–Trinajstić information content (AvgIpc) is 2.54. The predicted octanol–water partition coefficient (Wildman–Crippen LogP) is 6.90. The van der Waals surface area contributed by atoms with E-state index in [1.165, 1.54) is 36.8 Å². The van der Waals surface area contributed by atoms with Gasteiger partial charge in [0, 0.05) is 0 Å². The molecule has 0 aromatic heterocycles. The summed E-state index contributed by atoms with van der Waals surface area (Å²) in [6.07, 6.45) is 17.5. The number of rotatable bonds is 9. The Hall–Kier alpha value is -1.30. The molecule has 0 aliphatic carbocycles. The minimum absolute atomic E-state index is 1.15. The van der Waals surface area contributed by atoms with Crippen LogP contribution in [0.15, 0.2) is 48.6 Å². The molecule has 0 atom stereocenters. The molecule has 0 radical (unpaired) electrons. The Morgan fingerprint density at radius 3 is 1.71 bits per heavy atom. The first-order chi connectivity index (χ1) is 10.4. The van der Waals surface area contributed by atoms with Gasteiger partial charge in [0.05, 0.1) is 0 Å². The maximum Gasteiger partial charge on any atom is -0.0244 e. The van der Waals surface area contributed by atoms with Gasteiger partial charge >= 0.3 is 0 Å². The second-order valence-electron chi connectivity index (χ2n) is 5.08. The van der Waals surface area contributed by atoms with E-state index in [-0.39, 0.29) is 0 Å². The maximum absolute atomic E-state index is 2.33. The Labute approximate surface area is 133 Å². The molecule has 0 saturated carbocycles. The molecular formula is C21H34. The Kier molecular flexibility index (Phi) is 14.2. The highest BCUT2D eigenvalue weighted by molar-refractivity contribution is 5.23. The number of benzene rings is 1. The molecular weight excluding hydrogens is 252 g/mol. The lowest BCUT2D eigenvalue weighted by atomic mass is 10.0. The molecule has 0 heteroatoms. The van der Waals surface area contributed by atoms with Crippen LogP contribution in [-0.4, -0.2) is 0 Å². The minimum atomic E-state index is 1.15. The summed E-state index contributed by atoms with van der Waals surface area (Å²) in [5.41, 5.74) is 2.90. The second kappa shape index (κ2) is 15.1. The van der Waals surface area contributed by atoms with Crippen molar-refractivity contribution in [2.45, 2.75) is 72.6 Å². The van der Waals surface area contributed by atoms with Crippen molar-refractivity contribution in [3.63, 3.8) is 0 Å². The molecule has 0 saturated heterocycles. The van der Waals surface area contributed by atoms with E-state index >= 15 is 0 Å². The van der Waals surface area contributed by atoms with Crippen molar-refractivity contribution in [3.8, 4) is 0 Å². The molecule has 0 heterocycles. The van der Waals surface area contributed by atoms with Crippen LogP contribution in [0.2, 0.25) is 0 Å². The number of unbranched alkanes of at least 4 members (excludes halogenated alkanes) is 2. The lowest BCUT2D eigenvalue weighted by molar-refractivity contribution is 0.811. The summed E-state index contributed by atoms with van der Waals surface area (Å²) in [7, 11) is 0. The fourth-order valence-corrected chi connectivity index (χ4v) is 2.10. The molecule has 0 fully saturated rings. The van der Waals surface area contributed by atoms with Gasteiger partial charge in [-0.3, -0.25) is 0 Å². The number of hydrogen-bond acceptors (Lipinski definition) is 0. The standard InChI is InChI=1S/C19H28.C2H6/c1-3-5-7-8-9-11-13-19-16-14-18(15-17-19)12-10-6-4-2;1-2/h4,6,8-9,14-17H,3,5,7,10-13H2,1-2H3;1-2H3/b6-4+,9-8+;. The third-order valence-electron chi connectivity index (χ3n) is 3.35. The quantitative estimate of drug-likeness (QED) is 0.342. The van der Waals surface area contributed by atoms with Gasteiger partial charge < -0.3 is 0 Å². The zero-order valence-electron chi connectivity index (χ0n) is 14.6. The Morgan fingerprint density at radius 1 is 0.762 bits per heavy atom. The molecule has 0 spiro atoms. The third-order valence-corrected chi connectivity index (χ3v) is 3.35. The van der Waals surface area contributed by atoms with Gasteiger partial charge in [0.25, 0.3) is 0 Å². The van der Waals surface area contributed by atoms with Crippen LogP contribution < -0.4 is 0 Å². The number of allylic oxidation sites excluding steroid dienone is 4. The maximum atomic E-state index is 2.33. The van der Waals surface area contributed by atoms with E-state index in [1.54, 1.807) is 0 Å². The highest BCUT2D eigenvalue weighted by Crippen LogP contribution is 2.09. The fraction of sp³-hybridized carbons (Fsp3) is 0.524. The van der Waals surface area contributed by atoms with E-state index in [1.807, 2.05) is 13.8 Å². The van der Waals surface area contributed by atoms with Crippen LogP contribution in [-0.2, 0) is 12.8 Å². The highest BCUT2D eigenvalue weighted by atomic mass is 14.0. The molecule has 21 heavy (non-hydrogen) atoms. The lowest BCUT2D eigenvalue weighted by Crippen LogP contribution is -1.87. The van der Waals surface area contributed by atoms with Gasteiger partial charge in [-0.25, -0.2) is 0 Å². The largest absolute Gasteiger partial charge is 0.0917 e. The summed E-state index contributed by atoms with van der Waals surface area (Å²) in [5, 5.41) is 0. The molecule has 0 aliphatic heterocycles. The van der Waals surface area contributed by atoms with E-state index in [2.05, 4.69) is 62.4 Å². The van der Waals surface area contributed by atoms with Gasteiger partial charge in [0.15, 0.2) is 0 Å². The first-order valence-corrected chi connectivity index (χ1v) is 8.70. The lowest BCUT2D eigenvalue weighted by Gasteiger charge is -2.02. The molecule has 0 nitrogen and oxygen atoms in total. The van der Waals surface area contributed by atoms with E-state index in [0.29, 0.717) is 0 Å². The molecule has 0 bridgehead atoms. The summed E-state index contributed by atoms with van der Waals surface area (Å²) in [5.74, 6) is 0. The summed E-state index contributed by atoms with van der Waals surface area (Å²) >= 11 is 0. The summed E-state index contributed by atoms with van der Waals surface area (Å²) in [4.78, 5) is 0. The van der Waals surface area contributed by atoms with Crippen molar-refractivity contribution in [1.29, 1.82) is 0 Å². The number of aryl methyl sites for hydroxylation is 2. The van der Waals surface area contributed by atoms with Gasteiger partial charge in [0.1, 0.15) is 0 Å². The normalized spacial score (nSPS) is 10.9. The van der Waals surface area contributed by atoms with Crippen LogP contribution >= 0.6 is 0 Å². The Morgan fingerprint density at radius 2 is 1.24 bits per heavy atom. The number of hydrogen-bond donors (Lipinski definition) is 0. The predicted molar refractivity (Wildman–Crippen MR) is 97.9 cm³/mol. The van der Waals surface area contributed by atoms with E-state index < -0.39 is 0 Å². The summed E-state index contributed by atoms with van der Waals surface area (Å²) < 4.78 is 0.